The molecule has 1 N–H and O–H groups in total. The van der Waals surface area contributed by atoms with Crippen LogP contribution in [0.3, 0.4) is 0 Å². The van der Waals surface area contributed by atoms with Crippen LogP contribution in [-0.2, 0) is 0 Å². The van der Waals surface area contributed by atoms with Crippen molar-refractivity contribution in [1.82, 2.24) is 5.32 Å². The summed E-state index contributed by atoms with van der Waals surface area (Å²) in [4.78, 5) is 10.1. The molecule has 0 amide bonds. The van der Waals surface area contributed by atoms with E-state index in [9.17, 15) is 10.1 Å². The van der Waals surface area contributed by atoms with Gasteiger partial charge in [0.25, 0.3) is 5.69 Å². The molecule has 0 radical (unpaired) electrons. The van der Waals surface area contributed by atoms with Gasteiger partial charge in [0.05, 0.1) is 4.92 Å². The predicted molar refractivity (Wildman–Crippen MR) is 76.9 cm³/mol. The molecular weight excluding hydrogens is 264 g/mol. The maximum Gasteiger partial charge on any atom is 0.269 e. The van der Waals surface area contributed by atoms with Crippen LogP contribution in [0.4, 0.5) is 5.69 Å². The van der Waals surface area contributed by atoms with Gasteiger partial charge in [-0.25, -0.2) is 0 Å². The minimum Gasteiger partial charge on any atom is -0.492 e. The summed E-state index contributed by atoms with van der Waals surface area (Å²) in [6.45, 7) is 2.41. The van der Waals surface area contributed by atoms with E-state index in [4.69, 9.17) is 4.74 Å². The van der Waals surface area contributed by atoms with Gasteiger partial charge < -0.3 is 10.1 Å². The van der Waals surface area contributed by atoms with Gasteiger partial charge in [-0.2, -0.15) is 11.8 Å². The van der Waals surface area contributed by atoms with Crippen molar-refractivity contribution in [3.05, 3.63) is 34.4 Å². The normalized spacial score (nSPS) is 18.4. The van der Waals surface area contributed by atoms with Crippen LogP contribution in [-0.4, -0.2) is 35.6 Å². The van der Waals surface area contributed by atoms with Gasteiger partial charge in [0.1, 0.15) is 12.4 Å². The number of nitrogens with zero attached hydrogens (tertiary/aromatic N) is 1. The molecule has 0 spiro atoms. The number of nitrogens with one attached hydrogen (secondary N) is 1. The van der Waals surface area contributed by atoms with Crippen molar-refractivity contribution in [3.8, 4) is 5.75 Å². The Morgan fingerprint density at radius 3 is 2.84 bits per heavy atom. The molecule has 104 valence electrons. The highest BCUT2D eigenvalue weighted by Gasteiger charge is 2.14. The molecule has 1 atom stereocenters. The molecule has 0 saturated carbocycles. The Morgan fingerprint density at radius 1 is 1.42 bits per heavy atom. The Balaban J connectivity index is 1.61. The van der Waals surface area contributed by atoms with Gasteiger partial charge in [-0.05, 0) is 30.7 Å². The van der Waals surface area contributed by atoms with Crippen LogP contribution in [0.15, 0.2) is 24.3 Å². The molecule has 19 heavy (non-hydrogen) atoms. The molecule has 0 aromatic heterocycles. The van der Waals surface area contributed by atoms with Gasteiger partial charge >= 0.3 is 0 Å². The molecule has 1 saturated heterocycles. The van der Waals surface area contributed by atoms with Crippen molar-refractivity contribution in [2.75, 3.05) is 25.4 Å². The second-order valence-corrected chi connectivity index (χ2v) is 5.85. The maximum atomic E-state index is 10.5. The first-order valence-electron chi connectivity index (χ1n) is 6.45. The van der Waals surface area contributed by atoms with Crippen molar-refractivity contribution in [3.63, 3.8) is 0 Å². The minimum atomic E-state index is -0.412. The van der Waals surface area contributed by atoms with Gasteiger partial charge in [-0.1, -0.05) is 0 Å². The number of hydrogen-bond acceptors (Lipinski definition) is 5. The summed E-state index contributed by atoms with van der Waals surface area (Å²) in [6.07, 6.45) is 2.64. The van der Waals surface area contributed by atoms with Crippen LogP contribution in [0, 0.1) is 10.1 Å². The summed E-state index contributed by atoms with van der Waals surface area (Å²) in [5.74, 6) is 1.95. The van der Waals surface area contributed by atoms with Crippen LogP contribution in [0.5, 0.6) is 5.75 Å². The molecule has 1 aromatic rings. The molecule has 1 heterocycles. The van der Waals surface area contributed by atoms with E-state index in [0.717, 1.165) is 18.3 Å². The number of nitro groups is 1. The molecule has 6 heteroatoms. The summed E-state index contributed by atoms with van der Waals surface area (Å²) >= 11 is 2.03. The largest absolute Gasteiger partial charge is 0.492 e. The predicted octanol–water partition coefficient (Wildman–Crippen LogP) is 2.46. The molecule has 1 unspecified atom stereocenters. The maximum absolute atomic E-state index is 10.5. The standard InChI is InChI=1S/C13H18N2O3S/c16-15(17)11-3-5-12(6-4-11)18-8-7-14-10-13-2-1-9-19-13/h3-6,13-14H,1-2,7-10H2. The van der Waals surface area contributed by atoms with E-state index in [1.165, 1.54) is 30.7 Å². The summed E-state index contributed by atoms with van der Waals surface area (Å²) in [7, 11) is 0. The monoisotopic (exact) mass is 282 g/mol. The first-order chi connectivity index (χ1) is 9.25. The molecule has 0 aliphatic carbocycles. The average Bonchev–Trinajstić information content (AvgIpc) is 2.92. The highest BCUT2D eigenvalue weighted by atomic mass is 32.2. The Kier molecular flexibility index (Phi) is 5.47. The second kappa shape index (κ2) is 7.35. The van der Waals surface area contributed by atoms with E-state index < -0.39 is 4.92 Å². The van der Waals surface area contributed by atoms with E-state index >= 15 is 0 Å². The molecule has 5 nitrogen and oxygen atoms in total. The van der Waals surface area contributed by atoms with Crippen molar-refractivity contribution >= 4 is 17.4 Å². The van der Waals surface area contributed by atoms with E-state index in [2.05, 4.69) is 5.32 Å². The van der Waals surface area contributed by atoms with Gasteiger partial charge in [-0.15, -0.1) is 0 Å². The van der Waals surface area contributed by atoms with Gasteiger partial charge in [0, 0.05) is 30.5 Å². The number of benzene rings is 1. The summed E-state index contributed by atoms with van der Waals surface area (Å²) < 4.78 is 5.51. The Labute approximate surface area is 116 Å². The zero-order chi connectivity index (χ0) is 13.5. The summed E-state index contributed by atoms with van der Waals surface area (Å²) in [5.41, 5.74) is 0.0868. The topological polar surface area (TPSA) is 64.4 Å². The number of thioether (sulfide) groups is 1. The summed E-state index contributed by atoms with van der Waals surface area (Å²) in [6, 6.07) is 6.17. The molecule has 1 aliphatic heterocycles. The smallest absolute Gasteiger partial charge is 0.269 e. The zero-order valence-electron chi connectivity index (χ0n) is 10.7. The van der Waals surface area contributed by atoms with Gasteiger partial charge in [-0.3, -0.25) is 10.1 Å². The lowest BCUT2D eigenvalue weighted by Crippen LogP contribution is -2.27. The first kappa shape index (κ1) is 14.1. The Hall–Kier alpha value is -1.27. The van der Waals surface area contributed by atoms with Crippen molar-refractivity contribution < 1.29 is 9.66 Å². The van der Waals surface area contributed by atoms with E-state index in [0.29, 0.717) is 12.4 Å². The zero-order valence-corrected chi connectivity index (χ0v) is 11.5. The SMILES string of the molecule is O=[N+]([O-])c1ccc(OCCNCC2CCCS2)cc1. The highest BCUT2D eigenvalue weighted by molar-refractivity contribution is 8.00. The molecule has 2 rings (SSSR count). The Bertz CT molecular complexity index is 405. The third-order valence-electron chi connectivity index (χ3n) is 2.99. The van der Waals surface area contributed by atoms with E-state index in [1.54, 1.807) is 12.1 Å². The number of non-ortho nitro benzene ring substituents is 1. The third-order valence-corrected chi connectivity index (χ3v) is 4.39. The van der Waals surface area contributed by atoms with Crippen LogP contribution in [0.2, 0.25) is 0 Å². The fourth-order valence-corrected chi connectivity index (χ4v) is 3.21. The van der Waals surface area contributed by atoms with Crippen molar-refractivity contribution in [2.24, 2.45) is 0 Å². The van der Waals surface area contributed by atoms with E-state index in [1.807, 2.05) is 11.8 Å². The van der Waals surface area contributed by atoms with Crippen LogP contribution < -0.4 is 10.1 Å². The van der Waals surface area contributed by atoms with Crippen LogP contribution >= 0.6 is 11.8 Å². The summed E-state index contributed by atoms with van der Waals surface area (Å²) in [5, 5.41) is 14.6. The van der Waals surface area contributed by atoms with Gasteiger partial charge in [0.2, 0.25) is 0 Å². The average molecular weight is 282 g/mol. The lowest BCUT2D eigenvalue weighted by molar-refractivity contribution is -0.384. The Morgan fingerprint density at radius 2 is 2.21 bits per heavy atom. The fraction of sp³-hybridized carbons (Fsp3) is 0.538. The molecule has 1 aliphatic rings. The molecule has 1 fully saturated rings. The third kappa shape index (κ3) is 4.72. The van der Waals surface area contributed by atoms with Crippen molar-refractivity contribution in [2.45, 2.75) is 18.1 Å². The fourth-order valence-electron chi connectivity index (χ4n) is 1.97. The number of ether oxygens (including phenoxy) is 1. The number of nitro benzene ring substituents is 1. The van der Waals surface area contributed by atoms with Crippen LogP contribution in [0.25, 0.3) is 0 Å². The number of hydrogen-bond donors (Lipinski definition) is 1. The van der Waals surface area contributed by atoms with Gasteiger partial charge in [0.15, 0.2) is 0 Å². The van der Waals surface area contributed by atoms with Crippen molar-refractivity contribution in [1.29, 1.82) is 0 Å². The number of rotatable bonds is 7. The first-order valence-corrected chi connectivity index (χ1v) is 7.50. The highest BCUT2D eigenvalue weighted by Crippen LogP contribution is 2.25. The lowest BCUT2D eigenvalue weighted by Gasteiger charge is -2.10. The molecule has 0 bridgehead atoms. The molecule has 1 aromatic carbocycles. The quantitative estimate of drug-likeness (QED) is 0.473. The van der Waals surface area contributed by atoms with E-state index in [-0.39, 0.29) is 5.69 Å². The second-order valence-electron chi connectivity index (χ2n) is 4.44. The minimum absolute atomic E-state index is 0.0868. The van der Waals surface area contributed by atoms with Crippen LogP contribution in [0.1, 0.15) is 12.8 Å². The molecular formula is C13H18N2O3S. The lowest BCUT2D eigenvalue weighted by atomic mass is 10.2.